The topological polar surface area (TPSA) is 138 Å². The molecule has 2 aromatic rings. The van der Waals surface area contributed by atoms with Gasteiger partial charge in [0.05, 0.1) is 0 Å². The van der Waals surface area contributed by atoms with Crippen LogP contribution in [0.25, 0.3) is 0 Å². The number of pyridine rings is 2. The molecule has 8 nitrogen and oxygen atoms in total. The molecule has 0 amide bonds. The summed E-state index contributed by atoms with van der Waals surface area (Å²) in [4.78, 5) is 28.4. The minimum atomic E-state index is -0.980. The minimum absolute atomic E-state index is 0.345. The summed E-state index contributed by atoms with van der Waals surface area (Å²) in [5.41, 5.74) is 6.98. The lowest BCUT2D eigenvalue weighted by molar-refractivity contribution is -0.139. The molecule has 0 aliphatic carbocycles. The number of nitrogens with one attached hydrogen (secondary N) is 1. The molecule has 0 saturated heterocycles. The van der Waals surface area contributed by atoms with E-state index in [0.29, 0.717) is 6.42 Å². The molecule has 0 radical (unpaired) electrons. The summed E-state index contributed by atoms with van der Waals surface area (Å²) in [6.07, 6.45) is 6.79. The van der Waals surface area contributed by atoms with Crippen molar-refractivity contribution in [3.05, 3.63) is 54.6 Å². The molecular weight excluding hydrogens is 312 g/mol. The van der Waals surface area contributed by atoms with E-state index in [2.05, 4.69) is 15.3 Å². The van der Waals surface area contributed by atoms with Gasteiger partial charge in [-0.3, -0.25) is 19.6 Å². The molecule has 128 valence electrons. The first kappa shape index (κ1) is 19.0. The van der Waals surface area contributed by atoms with Crippen molar-refractivity contribution in [3.8, 4) is 0 Å². The number of carboxylic acids is 2. The van der Waals surface area contributed by atoms with Gasteiger partial charge in [-0.25, -0.2) is 0 Å². The fraction of sp³-hybridized carbons (Fsp3) is 0.250. The predicted molar refractivity (Wildman–Crippen MR) is 88.5 cm³/mol. The second-order valence-corrected chi connectivity index (χ2v) is 4.94. The summed E-state index contributed by atoms with van der Waals surface area (Å²) in [6, 6.07) is 5.55. The average molecular weight is 332 g/mol. The lowest BCUT2D eigenvalue weighted by Crippen LogP contribution is -2.32. The SMILES string of the molecule is C[C@H](Nc1ccncc1)C(=O)O.N[C@H](Cc1ccncc1)C(=O)O. The van der Waals surface area contributed by atoms with Crippen molar-refractivity contribution in [2.24, 2.45) is 5.73 Å². The van der Waals surface area contributed by atoms with E-state index in [0.717, 1.165) is 11.3 Å². The third kappa shape index (κ3) is 7.32. The van der Waals surface area contributed by atoms with Crippen LogP contribution in [0.15, 0.2) is 49.1 Å². The van der Waals surface area contributed by atoms with E-state index in [1.807, 2.05) is 0 Å². The summed E-state index contributed by atoms with van der Waals surface area (Å²) in [5.74, 6) is -1.85. The average Bonchev–Trinajstić information content (AvgIpc) is 2.57. The fourth-order valence-corrected chi connectivity index (χ4v) is 1.62. The number of carbonyl (C=O) groups is 2. The summed E-state index contributed by atoms with van der Waals surface area (Å²) < 4.78 is 0. The van der Waals surface area contributed by atoms with E-state index < -0.39 is 24.0 Å². The van der Waals surface area contributed by atoms with Gasteiger partial charge in [-0.05, 0) is 43.2 Å². The molecule has 24 heavy (non-hydrogen) atoms. The number of carboxylic acid groups (broad SMARTS) is 2. The molecule has 0 aromatic carbocycles. The summed E-state index contributed by atoms with van der Waals surface area (Å²) in [6.45, 7) is 1.59. The molecule has 0 spiro atoms. The number of hydrogen-bond donors (Lipinski definition) is 4. The summed E-state index contributed by atoms with van der Waals surface area (Å²) in [7, 11) is 0. The van der Waals surface area contributed by atoms with Crippen LogP contribution < -0.4 is 11.1 Å². The molecule has 0 aliphatic heterocycles. The monoisotopic (exact) mass is 332 g/mol. The largest absolute Gasteiger partial charge is 0.480 e. The Hall–Kier alpha value is -3.00. The highest BCUT2D eigenvalue weighted by molar-refractivity contribution is 5.76. The highest BCUT2D eigenvalue weighted by Crippen LogP contribution is 2.05. The van der Waals surface area contributed by atoms with E-state index >= 15 is 0 Å². The van der Waals surface area contributed by atoms with Crippen LogP contribution in [0.4, 0.5) is 5.69 Å². The van der Waals surface area contributed by atoms with Crippen LogP contribution in [0, 0.1) is 0 Å². The first-order chi connectivity index (χ1) is 11.4. The van der Waals surface area contributed by atoms with Crippen LogP contribution in [0.3, 0.4) is 0 Å². The molecular formula is C16H20N4O4. The molecule has 0 bridgehead atoms. The molecule has 0 unspecified atom stereocenters. The van der Waals surface area contributed by atoms with E-state index in [-0.39, 0.29) is 0 Å². The lowest BCUT2D eigenvalue weighted by Gasteiger charge is -2.09. The van der Waals surface area contributed by atoms with Crippen LogP contribution in [-0.2, 0) is 16.0 Å². The second kappa shape index (κ2) is 9.90. The Morgan fingerprint density at radius 2 is 1.54 bits per heavy atom. The molecule has 8 heteroatoms. The Morgan fingerprint density at radius 1 is 1.04 bits per heavy atom. The van der Waals surface area contributed by atoms with Crippen molar-refractivity contribution >= 4 is 17.6 Å². The summed E-state index contributed by atoms with van der Waals surface area (Å²) in [5, 5.41) is 19.9. The maximum Gasteiger partial charge on any atom is 0.325 e. The highest BCUT2D eigenvalue weighted by Gasteiger charge is 2.11. The Labute approximate surface area is 139 Å². The Balaban J connectivity index is 0.000000240. The van der Waals surface area contributed by atoms with Gasteiger partial charge in [0.25, 0.3) is 0 Å². The van der Waals surface area contributed by atoms with E-state index in [4.69, 9.17) is 15.9 Å². The summed E-state index contributed by atoms with van der Waals surface area (Å²) >= 11 is 0. The maximum atomic E-state index is 10.4. The van der Waals surface area contributed by atoms with Crippen LogP contribution in [-0.4, -0.2) is 44.2 Å². The Morgan fingerprint density at radius 3 is 2.00 bits per heavy atom. The maximum absolute atomic E-state index is 10.4. The fourth-order valence-electron chi connectivity index (χ4n) is 1.62. The number of anilines is 1. The first-order valence-electron chi connectivity index (χ1n) is 7.16. The second-order valence-electron chi connectivity index (χ2n) is 4.94. The Bertz CT molecular complexity index is 580. The highest BCUT2D eigenvalue weighted by atomic mass is 16.4. The van der Waals surface area contributed by atoms with Crippen LogP contribution >= 0.6 is 0 Å². The zero-order valence-electron chi connectivity index (χ0n) is 13.2. The molecule has 2 aromatic heterocycles. The van der Waals surface area contributed by atoms with Gasteiger partial charge in [-0.2, -0.15) is 0 Å². The number of aromatic nitrogens is 2. The van der Waals surface area contributed by atoms with Crippen molar-refractivity contribution in [2.45, 2.75) is 25.4 Å². The van der Waals surface area contributed by atoms with Crippen molar-refractivity contribution in [1.82, 2.24) is 9.97 Å². The van der Waals surface area contributed by atoms with Crippen LogP contribution in [0.1, 0.15) is 12.5 Å². The zero-order chi connectivity index (χ0) is 17.9. The van der Waals surface area contributed by atoms with Gasteiger partial charge >= 0.3 is 11.9 Å². The van der Waals surface area contributed by atoms with Crippen molar-refractivity contribution < 1.29 is 19.8 Å². The quantitative estimate of drug-likeness (QED) is 0.614. The smallest absolute Gasteiger partial charge is 0.325 e. The van der Waals surface area contributed by atoms with Gasteiger partial charge in [-0.1, -0.05) is 0 Å². The number of nitrogens with two attached hydrogens (primary N) is 1. The van der Waals surface area contributed by atoms with Crippen molar-refractivity contribution in [3.63, 3.8) is 0 Å². The molecule has 0 fully saturated rings. The Kier molecular flexibility index (Phi) is 7.86. The van der Waals surface area contributed by atoms with E-state index in [1.165, 1.54) is 0 Å². The van der Waals surface area contributed by atoms with Crippen molar-refractivity contribution in [1.29, 1.82) is 0 Å². The van der Waals surface area contributed by atoms with Gasteiger partial charge in [-0.15, -0.1) is 0 Å². The van der Waals surface area contributed by atoms with Crippen LogP contribution in [0.2, 0.25) is 0 Å². The third-order valence-electron chi connectivity index (χ3n) is 2.96. The third-order valence-corrected chi connectivity index (χ3v) is 2.96. The predicted octanol–water partition coefficient (Wildman–Crippen LogP) is 1.00. The van der Waals surface area contributed by atoms with Gasteiger partial charge in [0.2, 0.25) is 0 Å². The molecule has 2 rings (SSSR count). The van der Waals surface area contributed by atoms with Gasteiger partial charge in [0.1, 0.15) is 12.1 Å². The molecule has 0 aliphatic rings. The molecule has 2 heterocycles. The van der Waals surface area contributed by atoms with E-state index in [9.17, 15) is 9.59 Å². The normalized spacial score (nSPS) is 12.2. The molecule has 0 saturated carbocycles. The van der Waals surface area contributed by atoms with Gasteiger partial charge in [0.15, 0.2) is 0 Å². The van der Waals surface area contributed by atoms with Gasteiger partial charge < -0.3 is 21.3 Å². The first-order valence-corrected chi connectivity index (χ1v) is 7.16. The van der Waals surface area contributed by atoms with Gasteiger partial charge in [0, 0.05) is 30.5 Å². The molecule has 5 N–H and O–H groups in total. The van der Waals surface area contributed by atoms with Crippen molar-refractivity contribution in [2.75, 3.05) is 5.32 Å². The van der Waals surface area contributed by atoms with E-state index in [1.54, 1.807) is 56.0 Å². The number of hydrogen-bond acceptors (Lipinski definition) is 6. The number of aliphatic carboxylic acids is 2. The zero-order valence-corrected chi connectivity index (χ0v) is 13.2. The number of nitrogens with zero attached hydrogens (tertiary/aromatic N) is 2. The number of rotatable bonds is 6. The minimum Gasteiger partial charge on any atom is -0.480 e. The standard InChI is InChI=1S/2C8H10N2O2/c1-6(8(11)12)10-7-2-4-9-5-3-7;9-7(8(11)12)5-6-1-3-10-4-2-6/h2-6H,1H3,(H,9,10)(H,11,12);1-4,7H,5,9H2,(H,11,12)/t6-;7-/m01/s1. The van der Waals surface area contributed by atoms with Crippen LogP contribution in [0.5, 0.6) is 0 Å². The lowest BCUT2D eigenvalue weighted by atomic mass is 10.1. The molecule has 2 atom stereocenters.